The Labute approximate surface area is 233 Å². The van der Waals surface area contributed by atoms with Gasteiger partial charge >= 0.3 is 0 Å². The van der Waals surface area contributed by atoms with Crippen LogP contribution in [0.15, 0.2) is 53.3 Å². The van der Waals surface area contributed by atoms with E-state index in [1.54, 1.807) is 0 Å². The molecular formula is C29H33N7O2S. The first-order valence-electron chi connectivity index (χ1n) is 13.4. The number of rotatable bonds is 9. The number of benzene rings is 2. The summed E-state index contributed by atoms with van der Waals surface area (Å²) in [6.45, 7) is 7.37. The third-order valence-corrected chi connectivity index (χ3v) is 7.52. The molecule has 10 heteroatoms. The van der Waals surface area contributed by atoms with Crippen LogP contribution in [0.1, 0.15) is 42.4 Å². The third-order valence-electron chi connectivity index (χ3n) is 7.11. The van der Waals surface area contributed by atoms with Gasteiger partial charge in [-0.05, 0) is 35.2 Å². The molecule has 2 aromatic carbocycles. The Morgan fingerprint density at radius 3 is 2.51 bits per heavy atom. The minimum absolute atomic E-state index is 0.00394. The molecule has 4 aromatic rings. The predicted octanol–water partition coefficient (Wildman–Crippen LogP) is 3.99. The molecule has 0 spiro atoms. The van der Waals surface area contributed by atoms with E-state index in [2.05, 4.69) is 56.7 Å². The molecule has 1 aliphatic rings. The molecule has 0 atom stereocenters. The second-order valence-electron chi connectivity index (χ2n) is 9.73. The zero-order valence-corrected chi connectivity index (χ0v) is 23.2. The number of hydrogen-bond acceptors (Lipinski definition) is 7. The van der Waals surface area contributed by atoms with Crippen LogP contribution in [0, 0.1) is 6.92 Å². The Morgan fingerprint density at radius 1 is 1.08 bits per heavy atom. The largest absolute Gasteiger partial charge is 0.378 e. The van der Waals surface area contributed by atoms with E-state index in [1.807, 2.05) is 35.8 Å². The second-order valence-corrected chi connectivity index (χ2v) is 10.2. The number of ether oxygens (including phenoxy) is 1. The number of thiocarbonyl (C=S) groups is 1. The molecule has 0 saturated carbocycles. The summed E-state index contributed by atoms with van der Waals surface area (Å²) in [5.74, 6) is 1.38. The van der Waals surface area contributed by atoms with Crippen LogP contribution >= 0.6 is 12.2 Å². The summed E-state index contributed by atoms with van der Waals surface area (Å²) in [5, 5.41) is 14.5. The van der Waals surface area contributed by atoms with E-state index < -0.39 is 0 Å². The van der Waals surface area contributed by atoms with Gasteiger partial charge in [0.1, 0.15) is 5.82 Å². The zero-order chi connectivity index (χ0) is 27.2. The van der Waals surface area contributed by atoms with Crippen molar-refractivity contribution in [3.8, 4) is 22.5 Å². The Bertz CT molecular complexity index is 1480. The van der Waals surface area contributed by atoms with Crippen molar-refractivity contribution < 1.29 is 4.74 Å². The van der Waals surface area contributed by atoms with E-state index in [1.165, 1.54) is 0 Å². The molecule has 5 rings (SSSR count). The smallest absolute Gasteiger partial charge is 0.257 e. The Balaban J connectivity index is 1.43. The van der Waals surface area contributed by atoms with Crippen LogP contribution in [-0.4, -0.2) is 66.4 Å². The molecule has 1 saturated heterocycles. The Kier molecular flexibility index (Phi) is 8.53. The van der Waals surface area contributed by atoms with Crippen LogP contribution < -0.4 is 5.56 Å². The quantitative estimate of drug-likeness (QED) is 0.316. The lowest BCUT2D eigenvalue weighted by atomic mass is 9.98. The van der Waals surface area contributed by atoms with Gasteiger partial charge in [-0.25, -0.2) is 4.98 Å². The number of tetrazole rings is 1. The van der Waals surface area contributed by atoms with Gasteiger partial charge in [0.25, 0.3) is 5.56 Å². The molecule has 0 radical (unpaired) electrons. The third kappa shape index (κ3) is 6.12. The van der Waals surface area contributed by atoms with E-state index in [-0.39, 0.29) is 5.56 Å². The predicted molar refractivity (Wildman–Crippen MR) is 155 cm³/mol. The monoisotopic (exact) mass is 543 g/mol. The first-order chi connectivity index (χ1) is 19.0. The van der Waals surface area contributed by atoms with Crippen molar-refractivity contribution in [1.82, 2.24) is 35.1 Å². The summed E-state index contributed by atoms with van der Waals surface area (Å²) >= 11 is 5.73. The lowest BCUT2D eigenvalue weighted by Gasteiger charge is -2.29. The van der Waals surface area contributed by atoms with Gasteiger partial charge in [-0.1, -0.05) is 74.1 Å². The molecule has 1 N–H and O–H groups in total. The lowest BCUT2D eigenvalue weighted by Crippen LogP contribution is -2.42. The molecule has 2 aromatic heterocycles. The average Bonchev–Trinajstić information content (AvgIpc) is 3.52. The zero-order valence-electron chi connectivity index (χ0n) is 22.4. The van der Waals surface area contributed by atoms with Crippen molar-refractivity contribution in [1.29, 1.82) is 0 Å². The van der Waals surface area contributed by atoms with Crippen LogP contribution in [0.25, 0.3) is 22.5 Å². The summed E-state index contributed by atoms with van der Waals surface area (Å²) in [5.41, 5.74) is 5.43. The second kappa shape index (κ2) is 12.4. The minimum Gasteiger partial charge on any atom is -0.378 e. The molecule has 0 aliphatic carbocycles. The van der Waals surface area contributed by atoms with Crippen molar-refractivity contribution in [2.24, 2.45) is 0 Å². The fourth-order valence-electron chi connectivity index (χ4n) is 4.90. The SMILES string of the molecule is CCCCc1nc(C)c(CC(=S)N2CCOCC2)c(=O)n1Cc1ccc(-c2ccccc2-c2nn[nH]n2)cc1. The molecule has 39 heavy (non-hydrogen) atoms. The van der Waals surface area contributed by atoms with Crippen molar-refractivity contribution in [3.05, 3.63) is 81.5 Å². The molecule has 3 heterocycles. The summed E-state index contributed by atoms with van der Waals surface area (Å²) in [6.07, 6.45) is 3.19. The first-order valence-corrected chi connectivity index (χ1v) is 13.8. The van der Waals surface area contributed by atoms with Gasteiger partial charge in [-0.2, -0.15) is 5.21 Å². The van der Waals surface area contributed by atoms with E-state index >= 15 is 0 Å². The number of aromatic amines is 1. The number of morpholine rings is 1. The van der Waals surface area contributed by atoms with E-state index in [4.69, 9.17) is 21.9 Å². The van der Waals surface area contributed by atoms with Crippen LogP contribution in [0.3, 0.4) is 0 Å². The average molecular weight is 544 g/mol. The highest BCUT2D eigenvalue weighted by molar-refractivity contribution is 7.80. The molecule has 1 aliphatic heterocycles. The van der Waals surface area contributed by atoms with Gasteiger partial charge in [-0.15, -0.1) is 10.2 Å². The van der Waals surface area contributed by atoms with Gasteiger partial charge in [0.15, 0.2) is 0 Å². The summed E-state index contributed by atoms with van der Waals surface area (Å²) < 4.78 is 7.29. The maximum absolute atomic E-state index is 13.9. The normalized spacial score (nSPS) is 13.5. The summed E-state index contributed by atoms with van der Waals surface area (Å²) in [4.78, 5) is 21.7. The maximum atomic E-state index is 13.9. The maximum Gasteiger partial charge on any atom is 0.257 e. The van der Waals surface area contributed by atoms with Gasteiger partial charge in [0, 0.05) is 42.8 Å². The van der Waals surface area contributed by atoms with E-state index in [9.17, 15) is 4.79 Å². The molecule has 0 unspecified atom stereocenters. The summed E-state index contributed by atoms with van der Waals surface area (Å²) in [6, 6.07) is 16.2. The number of aryl methyl sites for hydroxylation is 2. The molecule has 0 amide bonds. The van der Waals surface area contributed by atoms with Gasteiger partial charge in [-0.3, -0.25) is 9.36 Å². The number of unbranched alkanes of at least 4 members (excludes halogenated alkanes) is 1. The molecule has 0 bridgehead atoms. The van der Waals surface area contributed by atoms with Crippen LogP contribution in [-0.2, 0) is 24.1 Å². The van der Waals surface area contributed by atoms with E-state index in [0.29, 0.717) is 37.6 Å². The number of aromatic nitrogens is 6. The topological polar surface area (TPSA) is 102 Å². The standard InChI is InChI=1S/C29H33N7O2S/c1-3-4-9-26-30-20(2)25(18-27(39)35-14-16-38-17-15-35)29(37)36(26)19-21-10-12-22(13-11-21)23-7-5-6-8-24(23)28-31-33-34-32-28/h5-8,10-13H,3-4,9,14-19H2,1-2H3,(H,31,32,33,34). The van der Waals surface area contributed by atoms with Crippen LogP contribution in [0.2, 0.25) is 0 Å². The lowest BCUT2D eigenvalue weighted by molar-refractivity contribution is 0.0684. The van der Waals surface area contributed by atoms with Crippen molar-refractivity contribution in [2.45, 2.75) is 46.1 Å². The molecule has 202 valence electrons. The van der Waals surface area contributed by atoms with E-state index in [0.717, 1.165) is 71.1 Å². The summed E-state index contributed by atoms with van der Waals surface area (Å²) in [7, 11) is 0. The number of hydrogen-bond donors (Lipinski definition) is 1. The van der Waals surface area contributed by atoms with Crippen molar-refractivity contribution >= 4 is 17.2 Å². The highest BCUT2D eigenvalue weighted by Crippen LogP contribution is 2.29. The van der Waals surface area contributed by atoms with Gasteiger partial charge < -0.3 is 9.64 Å². The van der Waals surface area contributed by atoms with Crippen LogP contribution in [0.5, 0.6) is 0 Å². The highest BCUT2D eigenvalue weighted by atomic mass is 32.1. The van der Waals surface area contributed by atoms with Gasteiger partial charge in [0.05, 0.1) is 24.7 Å². The molecule has 1 fully saturated rings. The molecule has 9 nitrogen and oxygen atoms in total. The van der Waals surface area contributed by atoms with Crippen molar-refractivity contribution in [3.63, 3.8) is 0 Å². The molecular weight excluding hydrogens is 510 g/mol. The minimum atomic E-state index is -0.00394. The van der Waals surface area contributed by atoms with Crippen molar-refractivity contribution in [2.75, 3.05) is 26.3 Å². The number of nitrogens with one attached hydrogen (secondary N) is 1. The first kappa shape index (κ1) is 26.8. The number of H-pyrrole nitrogens is 1. The highest BCUT2D eigenvalue weighted by Gasteiger charge is 2.20. The fourth-order valence-corrected chi connectivity index (χ4v) is 5.23. The van der Waals surface area contributed by atoms with Crippen LogP contribution in [0.4, 0.5) is 0 Å². The fraction of sp³-hybridized carbons (Fsp3) is 0.379. The van der Waals surface area contributed by atoms with Gasteiger partial charge in [0.2, 0.25) is 5.82 Å². The Morgan fingerprint density at radius 2 is 1.82 bits per heavy atom. The number of nitrogens with zero attached hydrogens (tertiary/aromatic N) is 6. The Hall–Kier alpha value is -3.76.